The molecule has 1 N–H and O–H groups in total. The zero-order valence-corrected chi connectivity index (χ0v) is 18.3. The van der Waals surface area contributed by atoms with E-state index in [2.05, 4.69) is 4.98 Å². The van der Waals surface area contributed by atoms with Crippen molar-refractivity contribution in [3.8, 4) is 0 Å². The summed E-state index contributed by atoms with van der Waals surface area (Å²) in [7, 11) is -3.93. The van der Waals surface area contributed by atoms with Gasteiger partial charge in [-0.05, 0) is 35.2 Å². The molecule has 0 aliphatic carbocycles. The van der Waals surface area contributed by atoms with Crippen molar-refractivity contribution in [1.29, 1.82) is 0 Å². The van der Waals surface area contributed by atoms with Crippen LogP contribution in [-0.4, -0.2) is 24.3 Å². The van der Waals surface area contributed by atoms with Crippen LogP contribution >= 0.6 is 0 Å². The molecule has 0 spiro atoms. The molecular formula is C25H21F3N2O2S. The number of para-hydroxylation sites is 1. The van der Waals surface area contributed by atoms with Crippen LogP contribution in [0, 0.1) is 0 Å². The summed E-state index contributed by atoms with van der Waals surface area (Å²) >= 11 is 0. The van der Waals surface area contributed by atoms with E-state index in [4.69, 9.17) is 0 Å². The van der Waals surface area contributed by atoms with E-state index in [1.807, 2.05) is 54.7 Å². The highest BCUT2D eigenvalue weighted by molar-refractivity contribution is 7.88. The number of nitrogens with one attached hydrogen (secondary N) is 1. The third kappa shape index (κ3) is 4.05. The van der Waals surface area contributed by atoms with Gasteiger partial charge in [-0.2, -0.15) is 17.5 Å². The first-order chi connectivity index (χ1) is 15.7. The standard InChI is InChI=1S/C25H21F3N2O2S/c26-25(27,28)19-8-5-6-17(14-19)16-33(31,32)30-13-12-18-7-1-2-9-20(18)24(30)22-15-29-23-11-4-3-10-21(22)23/h1-11,14-15,24,29H,12-13,16H2/t24-/m1/s1. The van der Waals surface area contributed by atoms with E-state index in [9.17, 15) is 21.6 Å². The van der Waals surface area contributed by atoms with Crippen LogP contribution in [0.4, 0.5) is 13.2 Å². The average Bonchev–Trinajstić information content (AvgIpc) is 3.21. The van der Waals surface area contributed by atoms with Crippen molar-refractivity contribution in [2.24, 2.45) is 0 Å². The van der Waals surface area contributed by atoms with Crippen molar-refractivity contribution < 1.29 is 21.6 Å². The summed E-state index contributed by atoms with van der Waals surface area (Å²) in [4.78, 5) is 3.22. The maximum Gasteiger partial charge on any atom is 0.416 e. The van der Waals surface area contributed by atoms with Gasteiger partial charge in [0.1, 0.15) is 0 Å². The monoisotopic (exact) mass is 470 g/mol. The Morgan fingerprint density at radius 2 is 1.70 bits per heavy atom. The van der Waals surface area contributed by atoms with Gasteiger partial charge in [-0.1, -0.05) is 60.7 Å². The third-order valence-corrected chi connectivity index (χ3v) is 7.92. The molecule has 1 aliphatic rings. The first-order valence-electron chi connectivity index (χ1n) is 10.5. The first-order valence-corrected chi connectivity index (χ1v) is 12.1. The Kier molecular flexibility index (Phi) is 5.29. The molecule has 4 nitrogen and oxygen atoms in total. The minimum atomic E-state index is -4.53. The lowest BCUT2D eigenvalue weighted by molar-refractivity contribution is -0.137. The zero-order chi connectivity index (χ0) is 23.2. The van der Waals surface area contributed by atoms with Gasteiger partial charge in [0.25, 0.3) is 0 Å². The van der Waals surface area contributed by atoms with E-state index in [0.717, 1.165) is 39.7 Å². The summed E-state index contributed by atoms with van der Waals surface area (Å²) in [5, 5.41) is 0.915. The minimum absolute atomic E-state index is 0.112. The maximum atomic E-state index is 13.6. The van der Waals surface area contributed by atoms with Crippen LogP contribution < -0.4 is 0 Å². The zero-order valence-electron chi connectivity index (χ0n) is 17.5. The molecule has 33 heavy (non-hydrogen) atoms. The van der Waals surface area contributed by atoms with Crippen LogP contribution in [0.3, 0.4) is 0 Å². The molecule has 0 fully saturated rings. The molecule has 5 rings (SSSR count). The van der Waals surface area contributed by atoms with Gasteiger partial charge in [0.15, 0.2) is 0 Å². The Hall–Kier alpha value is -3.10. The van der Waals surface area contributed by atoms with Gasteiger partial charge in [0.05, 0.1) is 17.4 Å². The van der Waals surface area contributed by atoms with Gasteiger partial charge in [-0.15, -0.1) is 0 Å². The van der Waals surface area contributed by atoms with E-state index in [1.165, 1.54) is 16.4 Å². The Labute approximate surface area is 189 Å². The number of alkyl halides is 3. The lowest BCUT2D eigenvalue weighted by Crippen LogP contribution is -2.41. The number of nitrogens with zero attached hydrogens (tertiary/aromatic N) is 1. The summed E-state index contributed by atoms with van der Waals surface area (Å²) < 4.78 is 68.1. The Morgan fingerprint density at radius 1 is 0.939 bits per heavy atom. The number of halogens is 3. The first kappa shape index (κ1) is 21.7. The topological polar surface area (TPSA) is 53.2 Å². The van der Waals surface area contributed by atoms with Gasteiger partial charge in [0.2, 0.25) is 10.0 Å². The third-order valence-electron chi connectivity index (χ3n) is 6.12. The minimum Gasteiger partial charge on any atom is -0.361 e. The normalized spacial score (nSPS) is 17.2. The largest absolute Gasteiger partial charge is 0.416 e. The number of H-pyrrole nitrogens is 1. The van der Waals surface area contributed by atoms with E-state index >= 15 is 0 Å². The summed E-state index contributed by atoms with van der Waals surface area (Å²) in [6.07, 6.45) is -2.17. The SMILES string of the molecule is O=S(=O)(Cc1cccc(C(F)(F)F)c1)N1CCc2ccccc2[C@@H]1c1c[nH]c2ccccc12. The molecule has 0 saturated carbocycles. The fourth-order valence-electron chi connectivity index (χ4n) is 4.62. The molecule has 1 atom stereocenters. The average molecular weight is 471 g/mol. The number of sulfonamides is 1. The molecular weight excluding hydrogens is 449 g/mol. The molecule has 8 heteroatoms. The van der Waals surface area contributed by atoms with Gasteiger partial charge < -0.3 is 4.98 Å². The lowest BCUT2D eigenvalue weighted by atomic mass is 9.90. The number of benzene rings is 3. The van der Waals surface area contributed by atoms with Gasteiger partial charge in [-0.25, -0.2) is 8.42 Å². The van der Waals surface area contributed by atoms with Crippen molar-refractivity contribution in [2.75, 3.05) is 6.54 Å². The second-order valence-corrected chi connectivity index (χ2v) is 10.1. The Morgan fingerprint density at radius 3 is 2.52 bits per heavy atom. The van der Waals surface area contributed by atoms with Crippen molar-refractivity contribution in [3.63, 3.8) is 0 Å². The quantitative estimate of drug-likeness (QED) is 0.418. The molecule has 0 unspecified atom stereocenters. The van der Waals surface area contributed by atoms with E-state index in [-0.39, 0.29) is 12.1 Å². The summed E-state index contributed by atoms with van der Waals surface area (Å²) in [6.45, 7) is 0.252. The second kappa shape index (κ2) is 8.04. The number of hydrogen-bond acceptors (Lipinski definition) is 2. The van der Waals surface area contributed by atoms with Crippen molar-refractivity contribution in [2.45, 2.75) is 24.4 Å². The summed E-state index contributed by atoms with van der Waals surface area (Å²) in [5.74, 6) is -0.502. The summed E-state index contributed by atoms with van der Waals surface area (Å²) in [6, 6.07) is 19.4. The van der Waals surface area contributed by atoms with E-state index < -0.39 is 33.6 Å². The van der Waals surface area contributed by atoms with Gasteiger partial charge in [-0.3, -0.25) is 0 Å². The van der Waals surface area contributed by atoms with E-state index in [0.29, 0.717) is 6.42 Å². The molecule has 4 aromatic rings. The van der Waals surface area contributed by atoms with Crippen molar-refractivity contribution in [1.82, 2.24) is 9.29 Å². The number of hydrogen-bond donors (Lipinski definition) is 1. The molecule has 2 heterocycles. The van der Waals surface area contributed by atoms with Crippen LogP contribution in [0.25, 0.3) is 10.9 Å². The van der Waals surface area contributed by atoms with Crippen LogP contribution in [0.2, 0.25) is 0 Å². The molecule has 170 valence electrons. The maximum absolute atomic E-state index is 13.6. The molecule has 3 aromatic carbocycles. The van der Waals surface area contributed by atoms with Crippen LogP contribution in [-0.2, 0) is 28.4 Å². The molecule has 1 aromatic heterocycles. The molecule has 1 aliphatic heterocycles. The predicted molar refractivity (Wildman–Crippen MR) is 121 cm³/mol. The molecule has 0 saturated heterocycles. The number of aromatic nitrogens is 1. The predicted octanol–water partition coefficient (Wildman–Crippen LogP) is 5.66. The Bertz CT molecular complexity index is 1430. The molecule has 0 amide bonds. The van der Waals surface area contributed by atoms with Crippen molar-refractivity contribution >= 4 is 20.9 Å². The second-order valence-electron chi connectivity index (χ2n) is 8.21. The van der Waals surface area contributed by atoms with Crippen LogP contribution in [0.15, 0.2) is 79.0 Å². The van der Waals surface area contributed by atoms with Crippen LogP contribution in [0.5, 0.6) is 0 Å². The fourth-order valence-corrected chi connectivity index (χ4v) is 6.30. The Balaban J connectivity index is 1.59. The van der Waals surface area contributed by atoms with Crippen LogP contribution in [0.1, 0.15) is 33.9 Å². The van der Waals surface area contributed by atoms with Gasteiger partial charge in [0, 0.05) is 29.2 Å². The van der Waals surface area contributed by atoms with Gasteiger partial charge >= 0.3 is 6.18 Å². The highest BCUT2D eigenvalue weighted by Gasteiger charge is 2.38. The lowest BCUT2D eigenvalue weighted by Gasteiger charge is -2.36. The number of fused-ring (bicyclic) bond motifs is 2. The highest BCUT2D eigenvalue weighted by atomic mass is 32.2. The highest BCUT2D eigenvalue weighted by Crippen LogP contribution is 2.40. The number of rotatable bonds is 4. The number of aromatic amines is 1. The van der Waals surface area contributed by atoms with Crippen molar-refractivity contribution in [3.05, 3.63) is 107 Å². The molecule has 0 radical (unpaired) electrons. The van der Waals surface area contributed by atoms with E-state index in [1.54, 1.807) is 0 Å². The smallest absolute Gasteiger partial charge is 0.361 e. The summed E-state index contributed by atoms with van der Waals surface area (Å²) in [5.41, 5.74) is 2.93. The fraction of sp³-hybridized carbons (Fsp3) is 0.200. The molecule has 0 bridgehead atoms.